The van der Waals surface area contributed by atoms with Gasteiger partial charge in [0.25, 0.3) is 0 Å². The van der Waals surface area contributed by atoms with Crippen LogP contribution in [0.2, 0.25) is 0 Å². The molecule has 0 aromatic heterocycles. The maximum absolute atomic E-state index is 5.93. The van der Waals surface area contributed by atoms with Gasteiger partial charge in [-0.15, -0.1) is 0 Å². The molecule has 2 aliphatic heterocycles. The Hall–Kier alpha value is -0.120. The van der Waals surface area contributed by atoms with E-state index in [4.69, 9.17) is 4.74 Å². The third kappa shape index (κ3) is 4.57. The van der Waals surface area contributed by atoms with Crippen LogP contribution in [-0.4, -0.2) is 50.3 Å². The molecule has 0 radical (unpaired) electrons. The Morgan fingerprint density at radius 2 is 2.06 bits per heavy atom. The highest BCUT2D eigenvalue weighted by molar-refractivity contribution is 4.82. The molecule has 0 spiro atoms. The second kappa shape index (κ2) is 6.17. The normalized spacial score (nSPS) is 26.5. The van der Waals surface area contributed by atoms with Crippen LogP contribution >= 0.6 is 0 Å². The molecule has 0 saturated carbocycles. The van der Waals surface area contributed by atoms with Crippen LogP contribution in [-0.2, 0) is 4.74 Å². The average Bonchev–Trinajstić information content (AvgIpc) is 2.66. The van der Waals surface area contributed by atoms with Gasteiger partial charge in [0.05, 0.1) is 6.10 Å². The molecule has 0 aromatic carbocycles. The van der Waals surface area contributed by atoms with Crippen molar-refractivity contribution in [3.63, 3.8) is 0 Å². The third-order valence-corrected chi connectivity index (χ3v) is 4.01. The fourth-order valence-electron chi connectivity index (χ4n) is 2.92. The van der Waals surface area contributed by atoms with E-state index >= 15 is 0 Å². The first kappa shape index (κ1) is 13.3. The molecule has 2 rings (SSSR count). The highest BCUT2D eigenvalue weighted by Crippen LogP contribution is 2.28. The van der Waals surface area contributed by atoms with Gasteiger partial charge in [0.15, 0.2) is 0 Å². The van der Waals surface area contributed by atoms with Crippen molar-refractivity contribution in [1.82, 2.24) is 10.2 Å². The Morgan fingerprint density at radius 1 is 1.29 bits per heavy atom. The van der Waals surface area contributed by atoms with Gasteiger partial charge >= 0.3 is 0 Å². The van der Waals surface area contributed by atoms with Gasteiger partial charge in [0.1, 0.15) is 0 Å². The Kier molecular flexibility index (Phi) is 4.83. The van der Waals surface area contributed by atoms with Gasteiger partial charge in [-0.25, -0.2) is 0 Å². The minimum absolute atomic E-state index is 0.520. The predicted molar refractivity (Wildman–Crippen MR) is 71.3 cm³/mol. The number of rotatable bonds is 5. The van der Waals surface area contributed by atoms with Crippen molar-refractivity contribution in [3.05, 3.63) is 0 Å². The molecule has 0 atom stereocenters. The molecule has 2 heterocycles. The summed E-state index contributed by atoms with van der Waals surface area (Å²) in [5, 5.41) is 3.37. The molecule has 0 aromatic rings. The molecular formula is C14H28N2O. The van der Waals surface area contributed by atoms with Crippen LogP contribution in [0.5, 0.6) is 0 Å². The topological polar surface area (TPSA) is 24.5 Å². The maximum Gasteiger partial charge on any atom is 0.0599 e. The second-order valence-corrected chi connectivity index (χ2v) is 6.36. The van der Waals surface area contributed by atoms with Crippen LogP contribution < -0.4 is 5.32 Å². The fraction of sp³-hybridized carbons (Fsp3) is 1.00. The summed E-state index contributed by atoms with van der Waals surface area (Å²) in [6.45, 7) is 11.7. The first-order valence-electron chi connectivity index (χ1n) is 7.20. The molecule has 17 heavy (non-hydrogen) atoms. The van der Waals surface area contributed by atoms with Crippen LogP contribution in [0.1, 0.15) is 39.5 Å². The molecule has 1 N–H and O–H groups in total. The van der Waals surface area contributed by atoms with E-state index in [0.29, 0.717) is 11.5 Å². The standard InChI is InChI=1S/C14H28N2O/c1-14(2)6-10-16(12-14)9-3-11-17-13-4-7-15-8-5-13/h13,15H,3-12H2,1-2H3. The molecule has 2 aliphatic rings. The predicted octanol–water partition coefficient (Wildman–Crippen LogP) is 1.88. The molecule has 0 unspecified atom stereocenters. The minimum atomic E-state index is 0.520. The number of hydrogen-bond donors (Lipinski definition) is 1. The van der Waals surface area contributed by atoms with E-state index in [1.807, 2.05) is 0 Å². The van der Waals surface area contributed by atoms with Crippen molar-refractivity contribution >= 4 is 0 Å². The zero-order valence-corrected chi connectivity index (χ0v) is 11.5. The van der Waals surface area contributed by atoms with Gasteiger partial charge in [-0.05, 0) is 50.7 Å². The zero-order valence-electron chi connectivity index (χ0n) is 11.5. The van der Waals surface area contributed by atoms with Crippen LogP contribution in [0.25, 0.3) is 0 Å². The summed E-state index contributed by atoms with van der Waals surface area (Å²) in [6.07, 6.45) is 5.45. The van der Waals surface area contributed by atoms with Crippen molar-refractivity contribution in [1.29, 1.82) is 0 Å². The average molecular weight is 240 g/mol. The molecule has 2 fully saturated rings. The van der Waals surface area contributed by atoms with Crippen LogP contribution in [0, 0.1) is 5.41 Å². The van der Waals surface area contributed by atoms with E-state index in [-0.39, 0.29) is 0 Å². The van der Waals surface area contributed by atoms with Gasteiger partial charge in [-0.1, -0.05) is 13.8 Å². The first-order chi connectivity index (χ1) is 8.16. The van der Waals surface area contributed by atoms with E-state index in [1.54, 1.807) is 0 Å². The number of likely N-dealkylation sites (tertiary alicyclic amines) is 1. The summed E-state index contributed by atoms with van der Waals surface area (Å²) >= 11 is 0. The summed E-state index contributed by atoms with van der Waals surface area (Å²) in [5.41, 5.74) is 0.538. The summed E-state index contributed by atoms with van der Waals surface area (Å²) in [5.74, 6) is 0. The van der Waals surface area contributed by atoms with Gasteiger partial charge in [-0.3, -0.25) is 0 Å². The Morgan fingerprint density at radius 3 is 2.71 bits per heavy atom. The van der Waals surface area contributed by atoms with Crippen molar-refractivity contribution in [2.75, 3.05) is 39.3 Å². The molecule has 100 valence electrons. The van der Waals surface area contributed by atoms with Gasteiger partial charge in [-0.2, -0.15) is 0 Å². The van der Waals surface area contributed by atoms with Crippen LogP contribution in [0.4, 0.5) is 0 Å². The highest BCUT2D eigenvalue weighted by Gasteiger charge is 2.28. The lowest BCUT2D eigenvalue weighted by molar-refractivity contribution is 0.0283. The maximum atomic E-state index is 5.93. The quantitative estimate of drug-likeness (QED) is 0.743. The smallest absolute Gasteiger partial charge is 0.0599 e. The zero-order chi connectivity index (χ0) is 12.1. The van der Waals surface area contributed by atoms with Crippen LogP contribution in [0.3, 0.4) is 0 Å². The Balaban J connectivity index is 1.51. The highest BCUT2D eigenvalue weighted by atomic mass is 16.5. The van der Waals surface area contributed by atoms with E-state index in [0.717, 1.165) is 19.7 Å². The molecule has 2 saturated heterocycles. The summed E-state index contributed by atoms with van der Waals surface area (Å²) in [6, 6.07) is 0. The Labute approximate surface area is 106 Å². The SMILES string of the molecule is CC1(C)CCN(CCCOC2CCNCC2)C1. The lowest BCUT2D eigenvalue weighted by Gasteiger charge is -2.24. The van der Waals surface area contributed by atoms with E-state index in [1.165, 1.54) is 45.3 Å². The fourth-order valence-corrected chi connectivity index (χ4v) is 2.92. The number of nitrogens with zero attached hydrogens (tertiary/aromatic N) is 1. The van der Waals surface area contributed by atoms with Crippen molar-refractivity contribution in [3.8, 4) is 0 Å². The number of hydrogen-bond acceptors (Lipinski definition) is 3. The monoisotopic (exact) mass is 240 g/mol. The molecule has 0 amide bonds. The lowest BCUT2D eigenvalue weighted by atomic mass is 9.93. The first-order valence-corrected chi connectivity index (χ1v) is 7.20. The summed E-state index contributed by atoms with van der Waals surface area (Å²) in [7, 11) is 0. The van der Waals surface area contributed by atoms with Crippen molar-refractivity contribution in [2.45, 2.75) is 45.6 Å². The number of ether oxygens (including phenoxy) is 1. The van der Waals surface area contributed by atoms with Crippen molar-refractivity contribution < 1.29 is 4.74 Å². The molecule has 3 heteroatoms. The van der Waals surface area contributed by atoms with E-state index in [2.05, 4.69) is 24.1 Å². The van der Waals surface area contributed by atoms with E-state index in [9.17, 15) is 0 Å². The molecular weight excluding hydrogens is 212 g/mol. The van der Waals surface area contributed by atoms with Gasteiger partial charge in [0.2, 0.25) is 0 Å². The number of piperidine rings is 1. The summed E-state index contributed by atoms with van der Waals surface area (Å²) in [4.78, 5) is 2.59. The molecule has 0 bridgehead atoms. The third-order valence-electron chi connectivity index (χ3n) is 4.01. The second-order valence-electron chi connectivity index (χ2n) is 6.36. The van der Waals surface area contributed by atoms with Crippen LogP contribution in [0.15, 0.2) is 0 Å². The molecule has 3 nitrogen and oxygen atoms in total. The summed E-state index contributed by atoms with van der Waals surface area (Å²) < 4.78 is 5.93. The lowest BCUT2D eigenvalue weighted by Crippen LogP contribution is -2.33. The Bertz CT molecular complexity index is 224. The van der Waals surface area contributed by atoms with E-state index < -0.39 is 0 Å². The number of nitrogens with one attached hydrogen (secondary N) is 1. The van der Waals surface area contributed by atoms with Gasteiger partial charge < -0.3 is 15.0 Å². The molecule has 0 aliphatic carbocycles. The van der Waals surface area contributed by atoms with Gasteiger partial charge in [0, 0.05) is 19.7 Å². The van der Waals surface area contributed by atoms with Crippen molar-refractivity contribution in [2.24, 2.45) is 5.41 Å². The largest absolute Gasteiger partial charge is 0.378 e. The minimum Gasteiger partial charge on any atom is -0.378 e.